The van der Waals surface area contributed by atoms with Crippen molar-refractivity contribution in [2.75, 3.05) is 0 Å². The molecular weight excluding hydrogens is 301 g/mol. The third-order valence-electron chi connectivity index (χ3n) is 2.22. The van der Waals surface area contributed by atoms with Crippen LogP contribution in [0, 0.1) is 0 Å². The van der Waals surface area contributed by atoms with Crippen molar-refractivity contribution >= 4 is 12.0 Å². The number of halogens is 3. The van der Waals surface area contributed by atoms with Gasteiger partial charge in [-0.05, 0) is 56.2 Å². The maximum absolute atomic E-state index is 12.2. The number of rotatable bonds is 4. The van der Waals surface area contributed by atoms with E-state index in [2.05, 4.69) is 4.74 Å². The summed E-state index contributed by atoms with van der Waals surface area (Å²) in [6, 6.07) is 3.61. The number of aliphatic hydroxyl groups excluding tert-OH is 1. The third-order valence-corrected chi connectivity index (χ3v) is 2.22. The van der Waals surface area contributed by atoms with Crippen LogP contribution in [0.5, 0.6) is 5.75 Å². The van der Waals surface area contributed by atoms with Crippen LogP contribution < -0.4 is 4.74 Å². The Morgan fingerprint density at radius 2 is 1.86 bits per heavy atom. The maximum Gasteiger partial charge on any atom is 0.573 e. The van der Waals surface area contributed by atoms with E-state index >= 15 is 0 Å². The fourth-order valence-electron chi connectivity index (χ4n) is 1.57. The Kier molecular flexibility index (Phi) is 5.59. The van der Waals surface area contributed by atoms with E-state index < -0.39 is 30.3 Å². The smallest absolute Gasteiger partial charge is 0.457 e. The monoisotopic (exact) mass is 318 g/mol. The van der Waals surface area contributed by atoms with E-state index in [-0.39, 0.29) is 11.1 Å². The molecule has 0 heterocycles. The molecule has 122 valence electrons. The summed E-state index contributed by atoms with van der Waals surface area (Å²) >= 11 is 0. The van der Waals surface area contributed by atoms with Gasteiger partial charge in [0, 0.05) is 6.08 Å². The van der Waals surface area contributed by atoms with Gasteiger partial charge in [-0.2, -0.15) is 0 Å². The second-order valence-electron chi connectivity index (χ2n) is 5.48. The Morgan fingerprint density at radius 3 is 2.36 bits per heavy atom. The zero-order valence-corrected chi connectivity index (χ0v) is 12.4. The number of alkyl halides is 3. The molecule has 1 aromatic carbocycles. The molecule has 7 heteroatoms. The first-order valence-corrected chi connectivity index (χ1v) is 6.40. The van der Waals surface area contributed by atoms with Crippen LogP contribution in [-0.2, 0) is 16.1 Å². The number of hydrogen-bond donors (Lipinski definition) is 1. The SMILES string of the molecule is CC(C)(C)OC(=O)/C=C/c1cc(CO)cc(OC(F)(F)F)c1. The Morgan fingerprint density at radius 1 is 1.23 bits per heavy atom. The van der Waals surface area contributed by atoms with Crippen LogP contribution in [0.2, 0.25) is 0 Å². The summed E-state index contributed by atoms with van der Waals surface area (Å²) in [4.78, 5) is 11.5. The number of benzene rings is 1. The predicted molar refractivity (Wildman–Crippen MR) is 73.9 cm³/mol. The highest BCUT2D eigenvalue weighted by Gasteiger charge is 2.31. The van der Waals surface area contributed by atoms with E-state index in [9.17, 15) is 18.0 Å². The second-order valence-corrected chi connectivity index (χ2v) is 5.48. The Balaban J connectivity index is 2.94. The molecule has 4 nitrogen and oxygen atoms in total. The molecule has 0 saturated heterocycles. The van der Waals surface area contributed by atoms with Gasteiger partial charge < -0.3 is 14.6 Å². The van der Waals surface area contributed by atoms with Gasteiger partial charge in [-0.1, -0.05) is 0 Å². The van der Waals surface area contributed by atoms with Gasteiger partial charge in [-0.15, -0.1) is 13.2 Å². The zero-order chi connectivity index (χ0) is 17.0. The number of esters is 1. The largest absolute Gasteiger partial charge is 0.573 e. The number of hydrogen-bond acceptors (Lipinski definition) is 4. The molecule has 0 aromatic heterocycles. The van der Waals surface area contributed by atoms with Gasteiger partial charge in [0.1, 0.15) is 11.4 Å². The van der Waals surface area contributed by atoms with Crippen LogP contribution in [0.25, 0.3) is 6.08 Å². The molecule has 0 aliphatic rings. The third kappa shape index (κ3) is 7.12. The number of carbonyl (C=O) groups excluding carboxylic acids is 1. The van der Waals surface area contributed by atoms with Crippen molar-refractivity contribution in [2.45, 2.75) is 39.3 Å². The summed E-state index contributed by atoms with van der Waals surface area (Å²) < 4.78 is 45.5. The molecule has 1 aromatic rings. The minimum atomic E-state index is -4.83. The zero-order valence-electron chi connectivity index (χ0n) is 12.4. The first-order chi connectivity index (χ1) is 9.98. The van der Waals surface area contributed by atoms with Crippen LogP contribution in [-0.4, -0.2) is 23.0 Å². The number of ether oxygens (including phenoxy) is 2. The average molecular weight is 318 g/mol. The standard InChI is InChI=1S/C15H17F3O4/c1-14(2,3)22-13(20)5-4-10-6-11(9-19)8-12(7-10)21-15(16,17)18/h4-8,19H,9H2,1-3H3/b5-4+. The molecular formula is C15H17F3O4. The van der Waals surface area contributed by atoms with Crippen molar-refractivity contribution < 1.29 is 32.5 Å². The summed E-state index contributed by atoms with van der Waals surface area (Å²) in [6.07, 6.45) is -2.45. The van der Waals surface area contributed by atoms with Crippen LogP contribution in [0.4, 0.5) is 13.2 Å². The van der Waals surface area contributed by atoms with Gasteiger partial charge in [0.2, 0.25) is 0 Å². The van der Waals surface area contributed by atoms with E-state index in [1.165, 1.54) is 12.1 Å². The van der Waals surface area contributed by atoms with Crippen molar-refractivity contribution in [1.82, 2.24) is 0 Å². The minimum Gasteiger partial charge on any atom is -0.457 e. The topological polar surface area (TPSA) is 55.8 Å². The van der Waals surface area contributed by atoms with E-state index in [4.69, 9.17) is 9.84 Å². The molecule has 0 aliphatic carbocycles. The van der Waals surface area contributed by atoms with E-state index in [1.54, 1.807) is 20.8 Å². The van der Waals surface area contributed by atoms with Crippen LogP contribution in [0.15, 0.2) is 24.3 Å². The minimum absolute atomic E-state index is 0.227. The van der Waals surface area contributed by atoms with Crippen LogP contribution in [0.1, 0.15) is 31.9 Å². The fourth-order valence-corrected chi connectivity index (χ4v) is 1.57. The van der Waals surface area contributed by atoms with Gasteiger partial charge in [-0.3, -0.25) is 0 Å². The molecule has 0 atom stereocenters. The quantitative estimate of drug-likeness (QED) is 0.682. The van der Waals surface area contributed by atoms with E-state index in [0.29, 0.717) is 0 Å². The highest BCUT2D eigenvalue weighted by molar-refractivity contribution is 5.87. The Hall–Kier alpha value is -2.02. The van der Waals surface area contributed by atoms with Crippen molar-refractivity contribution in [3.05, 3.63) is 35.4 Å². The summed E-state index contributed by atoms with van der Waals surface area (Å²) in [5, 5.41) is 9.06. The molecule has 0 fully saturated rings. The highest BCUT2D eigenvalue weighted by Crippen LogP contribution is 2.25. The van der Waals surface area contributed by atoms with Gasteiger partial charge in [0.15, 0.2) is 0 Å². The Labute approximate surface area is 126 Å². The van der Waals surface area contributed by atoms with Crippen molar-refractivity contribution in [1.29, 1.82) is 0 Å². The molecule has 0 saturated carbocycles. The Bertz CT molecular complexity index is 557. The normalized spacial score (nSPS) is 12.5. The highest BCUT2D eigenvalue weighted by atomic mass is 19.4. The molecule has 22 heavy (non-hydrogen) atoms. The molecule has 1 rings (SSSR count). The first-order valence-electron chi connectivity index (χ1n) is 6.40. The predicted octanol–water partition coefficient (Wildman–Crippen LogP) is 3.43. The van der Waals surface area contributed by atoms with Gasteiger partial charge in [0.25, 0.3) is 0 Å². The van der Waals surface area contributed by atoms with Crippen molar-refractivity contribution in [3.8, 4) is 5.75 Å². The van der Waals surface area contributed by atoms with Crippen molar-refractivity contribution in [3.63, 3.8) is 0 Å². The second kappa shape index (κ2) is 6.83. The lowest BCUT2D eigenvalue weighted by Gasteiger charge is -2.17. The van der Waals surface area contributed by atoms with E-state index in [1.807, 2.05) is 0 Å². The lowest BCUT2D eigenvalue weighted by Crippen LogP contribution is -2.22. The van der Waals surface area contributed by atoms with Gasteiger partial charge in [-0.25, -0.2) is 4.79 Å². The molecule has 0 unspecified atom stereocenters. The molecule has 0 radical (unpaired) electrons. The van der Waals surface area contributed by atoms with E-state index in [0.717, 1.165) is 18.2 Å². The lowest BCUT2D eigenvalue weighted by atomic mass is 10.1. The number of carbonyl (C=O) groups is 1. The number of aliphatic hydroxyl groups is 1. The lowest BCUT2D eigenvalue weighted by molar-refractivity contribution is -0.274. The molecule has 0 amide bonds. The average Bonchev–Trinajstić information content (AvgIpc) is 2.32. The fraction of sp³-hybridized carbons (Fsp3) is 0.400. The summed E-state index contributed by atoms with van der Waals surface area (Å²) in [7, 11) is 0. The molecule has 0 bridgehead atoms. The maximum atomic E-state index is 12.2. The molecule has 0 spiro atoms. The van der Waals surface area contributed by atoms with Gasteiger partial charge >= 0.3 is 12.3 Å². The van der Waals surface area contributed by atoms with Crippen LogP contribution in [0.3, 0.4) is 0 Å². The summed E-state index contributed by atoms with van der Waals surface area (Å²) in [5.41, 5.74) is -0.166. The first kappa shape index (κ1) is 18.0. The van der Waals surface area contributed by atoms with Crippen molar-refractivity contribution in [2.24, 2.45) is 0 Å². The summed E-state index contributed by atoms with van der Waals surface area (Å²) in [5.74, 6) is -1.09. The summed E-state index contributed by atoms with van der Waals surface area (Å²) in [6.45, 7) is 4.63. The van der Waals surface area contributed by atoms with Crippen LogP contribution >= 0.6 is 0 Å². The molecule has 1 N–H and O–H groups in total. The molecule has 0 aliphatic heterocycles. The van der Waals surface area contributed by atoms with Gasteiger partial charge in [0.05, 0.1) is 6.61 Å².